The number of benzene rings is 1. The smallest absolute Gasteiger partial charge is 0.258 e. The molecule has 150 valence electrons. The molecule has 0 saturated heterocycles. The largest absolute Gasteiger partial charge is 0.361 e. The second-order valence-corrected chi connectivity index (χ2v) is 7.92. The SMILES string of the molecule is N=C/C(C(=O)N1CCc2[nH]cnc2[C@H]1c1nc2cccc(F)c2s1)=C1/C=CC=CN1. The number of carbonyl (C=O) groups excluding carboxylic acids is 1. The fourth-order valence-corrected chi connectivity index (χ4v) is 4.85. The lowest BCUT2D eigenvalue weighted by atomic mass is 10.0. The quantitative estimate of drug-likeness (QED) is 0.448. The summed E-state index contributed by atoms with van der Waals surface area (Å²) in [7, 11) is 0. The Morgan fingerprint density at radius 3 is 3.03 bits per heavy atom. The minimum Gasteiger partial charge on any atom is -0.361 e. The standard InChI is InChI=1S/C21H17FN6OS/c22-13-4-3-6-16-19(13)30-20(27-16)18-17-15(25-11-26-17)7-9-28(18)21(29)12(10-23)14-5-1-2-8-24-14/h1-6,8,10-11,18,23-24H,7,9H2,(H,25,26)/b14-12+,23-10?/t18-/m0/s1. The first kappa shape index (κ1) is 18.4. The Bertz CT molecular complexity index is 1250. The minimum absolute atomic E-state index is 0.242. The maximum Gasteiger partial charge on any atom is 0.258 e. The van der Waals surface area contributed by atoms with Gasteiger partial charge in [0, 0.05) is 31.1 Å². The van der Waals surface area contributed by atoms with Gasteiger partial charge in [-0.2, -0.15) is 0 Å². The zero-order valence-electron chi connectivity index (χ0n) is 15.7. The molecule has 0 aliphatic carbocycles. The van der Waals surface area contributed by atoms with E-state index < -0.39 is 6.04 Å². The zero-order chi connectivity index (χ0) is 20.7. The molecule has 9 heteroatoms. The summed E-state index contributed by atoms with van der Waals surface area (Å²) in [5, 5.41) is 11.4. The first-order valence-corrected chi connectivity index (χ1v) is 10.2. The van der Waals surface area contributed by atoms with Crippen molar-refractivity contribution < 1.29 is 9.18 Å². The summed E-state index contributed by atoms with van der Waals surface area (Å²) in [5.74, 6) is -0.636. The molecule has 0 spiro atoms. The maximum atomic E-state index is 14.3. The number of aromatic nitrogens is 3. The Balaban J connectivity index is 1.62. The molecule has 0 radical (unpaired) electrons. The fraction of sp³-hybridized carbons (Fsp3) is 0.143. The van der Waals surface area contributed by atoms with Crippen molar-refractivity contribution in [3.05, 3.63) is 82.4 Å². The first-order chi connectivity index (χ1) is 14.7. The number of allylic oxidation sites excluding steroid dienone is 3. The van der Waals surface area contributed by atoms with E-state index in [2.05, 4.69) is 20.3 Å². The summed E-state index contributed by atoms with van der Waals surface area (Å²) in [4.78, 5) is 27.4. The van der Waals surface area contributed by atoms with Crippen LogP contribution in [0.2, 0.25) is 0 Å². The second-order valence-electron chi connectivity index (χ2n) is 6.89. The number of halogens is 1. The number of rotatable bonds is 3. The highest BCUT2D eigenvalue weighted by molar-refractivity contribution is 7.18. The number of imidazole rings is 1. The van der Waals surface area contributed by atoms with Crippen molar-refractivity contribution in [2.24, 2.45) is 0 Å². The molecular weight excluding hydrogens is 403 g/mol. The van der Waals surface area contributed by atoms with Crippen molar-refractivity contribution in [2.45, 2.75) is 12.5 Å². The fourth-order valence-electron chi connectivity index (χ4n) is 3.77. The number of hydrogen-bond donors (Lipinski definition) is 3. The predicted molar refractivity (Wildman–Crippen MR) is 113 cm³/mol. The van der Waals surface area contributed by atoms with Crippen LogP contribution in [0.3, 0.4) is 0 Å². The van der Waals surface area contributed by atoms with Gasteiger partial charge < -0.3 is 20.6 Å². The third kappa shape index (κ3) is 2.94. The van der Waals surface area contributed by atoms with Crippen LogP contribution in [0.1, 0.15) is 22.4 Å². The molecule has 2 aromatic heterocycles. The first-order valence-electron chi connectivity index (χ1n) is 9.40. The van der Waals surface area contributed by atoms with Gasteiger partial charge in [0.05, 0.1) is 33.5 Å². The number of thiazole rings is 1. The van der Waals surface area contributed by atoms with Gasteiger partial charge in [-0.15, -0.1) is 11.3 Å². The van der Waals surface area contributed by atoms with Crippen molar-refractivity contribution in [1.29, 1.82) is 5.41 Å². The van der Waals surface area contributed by atoms with Crippen molar-refractivity contribution in [2.75, 3.05) is 6.54 Å². The van der Waals surface area contributed by atoms with Crippen LogP contribution in [-0.4, -0.2) is 38.5 Å². The third-order valence-electron chi connectivity index (χ3n) is 5.18. The minimum atomic E-state index is -0.553. The van der Waals surface area contributed by atoms with E-state index in [1.807, 2.05) is 6.08 Å². The third-order valence-corrected chi connectivity index (χ3v) is 6.31. The molecule has 1 aromatic carbocycles. The van der Waals surface area contributed by atoms with E-state index in [9.17, 15) is 9.18 Å². The average molecular weight is 420 g/mol. The summed E-state index contributed by atoms with van der Waals surface area (Å²) >= 11 is 1.23. The molecule has 3 aromatic rings. The number of aromatic amines is 1. The van der Waals surface area contributed by atoms with E-state index in [1.165, 1.54) is 17.4 Å². The monoisotopic (exact) mass is 420 g/mol. The summed E-state index contributed by atoms with van der Waals surface area (Å²) in [5.41, 5.74) is 2.99. The van der Waals surface area contributed by atoms with Crippen molar-refractivity contribution in [1.82, 2.24) is 25.2 Å². The number of dihydropyridines is 1. The van der Waals surface area contributed by atoms with Crippen molar-refractivity contribution in [3.63, 3.8) is 0 Å². The zero-order valence-corrected chi connectivity index (χ0v) is 16.5. The lowest BCUT2D eigenvalue weighted by Gasteiger charge is -2.34. The Morgan fingerprint density at radius 2 is 2.27 bits per heavy atom. The van der Waals surface area contributed by atoms with Gasteiger partial charge in [0.25, 0.3) is 5.91 Å². The van der Waals surface area contributed by atoms with E-state index in [0.29, 0.717) is 39.6 Å². The molecule has 5 rings (SSSR count). The molecule has 2 aliphatic heterocycles. The number of fused-ring (bicyclic) bond motifs is 2. The Morgan fingerprint density at radius 1 is 1.37 bits per heavy atom. The number of amides is 1. The van der Waals surface area contributed by atoms with Crippen LogP contribution in [0.4, 0.5) is 4.39 Å². The van der Waals surface area contributed by atoms with Crippen LogP contribution in [0.5, 0.6) is 0 Å². The lowest BCUT2D eigenvalue weighted by molar-refractivity contribution is -0.128. The van der Waals surface area contributed by atoms with Gasteiger partial charge in [-0.25, -0.2) is 14.4 Å². The summed E-state index contributed by atoms with van der Waals surface area (Å²) in [6.07, 6.45) is 10.4. The summed E-state index contributed by atoms with van der Waals surface area (Å²) < 4.78 is 14.7. The lowest BCUT2D eigenvalue weighted by Crippen LogP contribution is -2.42. The molecule has 3 N–H and O–H groups in total. The van der Waals surface area contributed by atoms with Gasteiger partial charge in [-0.3, -0.25) is 4.79 Å². The molecule has 0 fully saturated rings. The molecule has 2 aliphatic rings. The molecule has 0 bridgehead atoms. The number of nitrogens with one attached hydrogen (secondary N) is 3. The van der Waals surface area contributed by atoms with Crippen LogP contribution in [0, 0.1) is 11.2 Å². The molecule has 1 atom stereocenters. The molecule has 1 amide bonds. The van der Waals surface area contributed by atoms with Crippen molar-refractivity contribution >= 4 is 33.7 Å². The van der Waals surface area contributed by atoms with Gasteiger partial charge in [0.1, 0.15) is 16.9 Å². The summed E-state index contributed by atoms with van der Waals surface area (Å²) in [6.45, 7) is 0.432. The topological polar surface area (TPSA) is 97.8 Å². The van der Waals surface area contributed by atoms with Gasteiger partial charge in [-0.1, -0.05) is 12.1 Å². The molecule has 0 unspecified atom stereocenters. The number of nitrogens with zero attached hydrogens (tertiary/aromatic N) is 3. The van der Waals surface area contributed by atoms with Crippen LogP contribution in [0.15, 0.2) is 60.2 Å². The van der Waals surface area contributed by atoms with Crippen molar-refractivity contribution in [3.8, 4) is 0 Å². The Kier molecular flexibility index (Phi) is 4.51. The number of H-pyrrole nitrogens is 1. The highest BCUT2D eigenvalue weighted by Gasteiger charge is 2.37. The Hall–Kier alpha value is -3.59. The molecule has 4 heterocycles. The summed E-state index contributed by atoms with van der Waals surface area (Å²) in [6, 6.07) is 4.23. The van der Waals surface area contributed by atoms with E-state index in [1.54, 1.807) is 41.7 Å². The average Bonchev–Trinajstić information content (AvgIpc) is 3.42. The second kappa shape index (κ2) is 7.34. The molecule has 0 saturated carbocycles. The van der Waals surface area contributed by atoms with Gasteiger partial charge >= 0.3 is 0 Å². The molecule has 7 nitrogen and oxygen atoms in total. The number of carbonyl (C=O) groups is 1. The van der Waals surface area contributed by atoms with Gasteiger partial charge in [0.15, 0.2) is 0 Å². The highest BCUT2D eigenvalue weighted by atomic mass is 32.1. The Labute approximate surface area is 175 Å². The maximum absolute atomic E-state index is 14.3. The van der Waals surface area contributed by atoms with Crippen LogP contribution < -0.4 is 5.32 Å². The normalized spacial score (nSPS) is 19.5. The molecule has 30 heavy (non-hydrogen) atoms. The van der Waals surface area contributed by atoms with Crippen LogP contribution in [0.25, 0.3) is 10.2 Å². The van der Waals surface area contributed by atoms with E-state index >= 15 is 0 Å². The van der Waals surface area contributed by atoms with Gasteiger partial charge in [-0.05, 0) is 24.3 Å². The molecular formula is C21H17FN6OS. The predicted octanol–water partition coefficient (Wildman–Crippen LogP) is 3.21. The van der Waals surface area contributed by atoms with Gasteiger partial charge in [0.2, 0.25) is 0 Å². The number of hydrogen-bond acceptors (Lipinski definition) is 6. The van der Waals surface area contributed by atoms with E-state index in [-0.39, 0.29) is 17.3 Å². The van der Waals surface area contributed by atoms with Crippen LogP contribution in [-0.2, 0) is 11.2 Å². The highest BCUT2D eigenvalue weighted by Crippen LogP contribution is 2.38. The van der Waals surface area contributed by atoms with Crippen LogP contribution >= 0.6 is 11.3 Å². The van der Waals surface area contributed by atoms with E-state index in [0.717, 1.165) is 11.9 Å². The van der Waals surface area contributed by atoms with E-state index in [4.69, 9.17) is 5.41 Å².